The number of hydrogen-bond donors (Lipinski definition) is 1. The molecule has 0 heterocycles. The number of nitrogens with one attached hydrogen (secondary N) is 1. The van der Waals surface area contributed by atoms with Crippen LogP contribution in [0.4, 0.5) is 10.1 Å². The van der Waals surface area contributed by atoms with Gasteiger partial charge in [0.1, 0.15) is 17.6 Å². The van der Waals surface area contributed by atoms with Crippen LogP contribution in [0.2, 0.25) is 0 Å². The second-order valence-corrected chi connectivity index (χ2v) is 4.46. The zero-order valence-corrected chi connectivity index (χ0v) is 11.4. The van der Waals surface area contributed by atoms with Crippen molar-refractivity contribution in [1.82, 2.24) is 0 Å². The minimum atomic E-state index is -0.733. The summed E-state index contributed by atoms with van der Waals surface area (Å²) in [5.41, 5.74) is 2.00. The first-order chi connectivity index (χ1) is 9.63. The minimum Gasteiger partial charge on any atom is -0.497 e. The summed E-state index contributed by atoms with van der Waals surface area (Å²) in [5, 5.41) is 12.3. The van der Waals surface area contributed by atoms with Crippen molar-refractivity contribution in [2.75, 3.05) is 12.4 Å². The summed E-state index contributed by atoms with van der Waals surface area (Å²) < 4.78 is 18.9. The van der Waals surface area contributed by atoms with Crippen molar-refractivity contribution in [3.63, 3.8) is 0 Å². The van der Waals surface area contributed by atoms with E-state index < -0.39 is 6.04 Å². The molecule has 0 saturated heterocycles. The molecule has 0 bridgehead atoms. The van der Waals surface area contributed by atoms with E-state index in [4.69, 9.17) is 4.74 Å². The molecule has 3 nitrogen and oxygen atoms in total. The zero-order valence-electron chi connectivity index (χ0n) is 11.4. The van der Waals surface area contributed by atoms with Crippen LogP contribution in [0.5, 0.6) is 5.75 Å². The molecule has 0 fully saturated rings. The van der Waals surface area contributed by atoms with Crippen LogP contribution in [0.25, 0.3) is 0 Å². The van der Waals surface area contributed by atoms with Gasteiger partial charge in [-0.15, -0.1) is 0 Å². The Hall–Kier alpha value is -2.54. The van der Waals surface area contributed by atoms with E-state index >= 15 is 0 Å². The molecule has 1 unspecified atom stereocenters. The molecule has 0 spiro atoms. The fourth-order valence-corrected chi connectivity index (χ4v) is 1.92. The van der Waals surface area contributed by atoms with E-state index in [1.165, 1.54) is 6.07 Å². The van der Waals surface area contributed by atoms with Crippen molar-refractivity contribution in [3.8, 4) is 11.8 Å². The predicted octanol–water partition coefficient (Wildman–Crippen LogP) is 3.82. The van der Waals surface area contributed by atoms with Gasteiger partial charge in [0.25, 0.3) is 0 Å². The van der Waals surface area contributed by atoms with Gasteiger partial charge in [-0.2, -0.15) is 5.26 Å². The smallest absolute Gasteiger partial charge is 0.143 e. The van der Waals surface area contributed by atoms with Crippen molar-refractivity contribution in [3.05, 3.63) is 59.4 Å². The van der Waals surface area contributed by atoms with Gasteiger partial charge in [0, 0.05) is 11.3 Å². The van der Waals surface area contributed by atoms with Crippen molar-refractivity contribution in [1.29, 1.82) is 5.26 Å². The molecule has 0 aliphatic heterocycles. The maximum absolute atomic E-state index is 13.8. The molecule has 2 aromatic rings. The molecule has 0 saturated carbocycles. The highest BCUT2D eigenvalue weighted by Crippen LogP contribution is 2.24. The fraction of sp³-hybridized carbons (Fsp3) is 0.188. The molecular weight excluding hydrogens is 255 g/mol. The van der Waals surface area contributed by atoms with Crippen LogP contribution in [0.3, 0.4) is 0 Å². The van der Waals surface area contributed by atoms with Crippen LogP contribution in [-0.2, 0) is 0 Å². The van der Waals surface area contributed by atoms with E-state index in [1.54, 1.807) is 43.5 Å². The lowest BCUT2D eigenvalue weighted by molar-refractivity contribution is 0.415. The third-order valence-electron chi connectivity index (χ3n) is 2.99. The first-order valence-electron chi connectivity index (χ1n) is 6.20. The average molecular weight is 270 g/mol. The second kappa shape index (κ2) is 6.07. The lowest BCUT2D eigenvalue weighted by Crippen LogP contribution is -2.10. The number of benzene rings is 2. The Morgan fingerprint density at radius 1 is 1.20 bits per heavy atom. The number of rotatable bonds is 4. The van der Waals surface area contributed by atoms with E-state index in [0.29, 0.717) is 5.56 Å². The number of methoxy groups -OCH3 is 1. The lowest BCUT2D eigenvalue weighted by atomic mass is 10.0. The van der Waals surface area contributed by atoms with Gasteiger partial charge in [0.2, 0.25) is 0 Å². The molecule has 1 N–H and O–H groups in total. The van der Waals surface area contributed by atoms with Gasteiger partial charge in [-0.05, 0) is 37.3 Å². The van der Waals surface area contributed by atoms with Gasteiger partial charge >= 0.3 is 0 Å². The number of nitriles is 1. The number of nitrogens with zero attached hydrogens (tertiary/aromatic N) is 1. The molecule has 4 heteroatoms. The van der Waals surface area contributed by atoms with E-state index in [1.807, 2.05) is 6.92 Å². The third-order valence-corrected chi connectivity index (χ3v) is 2.99. The summed E-state index contributed by atoms with van der Waals surface area (Å²) in [6.45, 7) is 1.87. The average Bonchev–Trinajstić information content (AvgIpc) is 2.48. The number of aryl methyl sites for hydroxylation is 1. The highest BCUT2D eigenvalue weighted by atomic mass is 19.1. The normalized spacial score (nSPS) is 11.5. The molecule has 0 aliphatic carbocycles. The van der Waals surface area contributed by atoms with Crippen molar-refractivity contribution >= 4 is 5.69 Å². The van der Waals surface area contributed by atoms with E-state index in [9.17, 15) is 9.65 Å². The standard InChI is InChI=1S/C16H15FN2O/c1-11-3-8-15(17)14(9-11)16(10-18)19-12-4-6-13(20-2)7-5-12/h3-9,16,19H,1-2H3. The highest BCUT2D eigenvalue weighted by molar-refractivity contribution is 5.50. The van der Waals surface area contributed by atoms with Crippen LogP contribution < -0.4 is 10.1 Å². The van der Waals surface area contributed by atoms with E-state index in [2.05, 4.69) is 11.4 Å². The molecule has 2 rings (SSSR count). The van der Waals surface area contributed by atoms with Gasteiger partial charge < -0.3 is 10.1 Å². The Bertz CT molecular complexity index is 632. The summed E-state index contributed by atoms with van der Waals surface area (Å²) in [6, 6.07) is 13.2. The maximum Gasteiger partial charge on any atom is 0.143 e. The molecule has 0 aliphatic rings. The molecule has 102 valence electrons. The summed E-state index contributed by atoms with van der Waals surface area (Å²) in [4.78, 5) is 0. The highest BCUT2D eigenvalue weighted by Gasteiger charge is 2.15. The molecule has 0 radical (unpaired) electrons. The van der Waals surface area contributed by atoms with E-state index in [0.717, 1.165) is 17.0 Å². The van der Waals surface area contributed by atoms with Crippen LogP contribution in [0.15, 0.2) is 42.5 Å². The number of halogens is 1. The van der Waals surface area contributed by atoms with Crippen molar-refractivity contribution in [2.24, 2.45) is 0 Å². The SMILES string of the molecule is COc1ccc(NC(C#N)c2cc(C)ccc2F)cc1. The fourth-order valence-electron chi connectivity index (χ4n) is 1.92. The molecule has 1 atom stereocenters. The van der Waals surface area contributed by atoms with Crippen LogP contribution >= 0.6 is 0 Å². The number of hydrogen-bond acceptors (Lipinski definition) is 3. The largest absolute Gasteiger partial charge is 0.497 e. The first-order valence-corrected chi connectivity index (χ1v) is 6.20. The number of anilines is 1. The van der Waals surface area contributed by atoms with E-state index in [-0.39, 0.29) is 5.82 Å². The van der Waals surface area contributed by atoms with Gasteiger partial charge in [0.15, 0.2) is 0 Å². The Morgan fingerprint density at radius 3 is 2.50 bits per heavy atom. The Kier molecular flexibility index (Phi) is 4.21. The molecule has 0 amide bonds. The quantitative estimate of drug-likeness (QED) is 0.918. The Balaban J connectivity index is 2.24. The first kappa shape index (κ1) is 13.9. The van der Waals surface area contributed by atoms with Gasteiger partial charge in [0.05, 0.1) is 13.2 Å². The molecule has 20 heavy (non-hydrogen) atoms. The predicted molar refractivity (Wildman–Crippen MR) is 76.1 cm³/mol. The van der Waals surface area contributed by atoms with Gasteiger partial charge in [-0.3, -0.25) is 0 Å². The summed E-state index contributed by atoms with van der Waals surface area (Å²) in [7, 11) is 1.59. The van der Waals surface area contributed by atoms with Gasteiger partial charge in [-0.1, -0.05) is 17.7 Å². The summed E-state index contributed by atoms with van der Waals surface area (Å²) in [6.07, 6.45) is 0. The van der Waals surface area contributed by atoms with Crippen LogP contribution in [0.1, 0.15) is 17.2 Å². The van der Waals surface area contributed by atoms with Crippen molar-refractivity contribution in [2.45, 2.75) is 13.0 Å². The van der Waals surface area contributed by atoms with Gasteiger partial charge in [-0.25, -0.2) is 4.39 Å². The van der Waals surface area contributed by atoms with Crippen LogP contribution in [0, 0.1) is 24.1 Å². The monoisotopic (exact) mass is 270 g/mol. The molecular formula is C16H15FN2O. The lowest BCUT2D eigenvalue weighted by Gasteiger charge is -2.15. The molecule has 0 aromatic heterocycles. The summed E-state index contributed by atoms with van der Waals surface area (Å²) >= 11 is 0. The van der Waals surface area contributed by atoms with Crippen LogP contribution in [-0.4, -0.2) is 7.11 Å². The second-order valence-electron chi connectivity index (χ2n) is 4.46. The number of ether oxygens (including phenoxy) is 1. The minimum absolute atomic E-state index is 0.350. The topological polar surface area (TPSA) is 45.0 Å². The maximum atomic E-state index is 13.8. The third kappa shape index (κ3) is 3.07. The molecule has 2 aromatic carbocycles. The summed E-state index contributed by atoms with van der Waals surface area (Å²) in [5.74, 6) is 0.342. The Labute approximate surface area is 117 Å². The zero-order chi connectivity index (χ0) is 14.5. The Morgan fingerprint density at radius 2 is 1.90 bits per heavy atom. The van der Waals surface area contributed by atoms with Crippen molar-refractivity contribution < 1.29 is 9.13 Å².